The number of nitrogens with one attached hydrogen (secondary N) is 1. The van der Waals surface area contributed by atoms with Crippen molar-refractivity contribution in [3.63, 3.8) is 0 Å². The quantitative estimate of drug-likeness (QED) is 0.815. The number of hydrogen-bond donors (Lipinski definition) is 1. The molecule has 0 aliphatic carbocycles. The summed E-state index contributed by atoms with van der Waals surface area (Å²) in [5, 5.41) is 3.23. The highest BCUT2D eigenvalue weighted by molar-refractivity contribution is 5.85. The van der Waals surface area contributed by atoms with E-state index in [-0.39, 0.29) is 24.4 Å². The van der Waals surface area contributed by atoms with Crippen molar-refractivity contribution in [1.29, 1.82) is 0 Å². The number of rotatable bonds is 3. The Labute approximate surface area is 144 Å². The lowest BCUT2D eigenvalue weighted by Gasteiger charge is -2.37. The van der Waals surface area contributed by atoms with Gasteiger partial charge in [-0.15, -0.1) is 12.4 Å². The molecule has 1 atom stereocenters. The van der Waals surface area contributed by atoms with Crippen LogP contribution in [0.4, 0.5) is 0 Å². The van der Waals surface area contributed by atoms with Gasteiger partial charge >= 0.3 is 0 Å². The molecule has 0 saturated carbocycles. The van der Waals surface area contributed by atoms with Crippen molar-refractivity contribution in [3.8, 4) is 0 Å². The molecule has 3 fully saturated rings. The summed E-state index contributed by atoms with van der Waals surface area (Å²) in [5.74, 6) is 1.03. The first kappa shape index (κ1) is 18.5. The molecule has 0 radical (unpaired) electrons. The van der Waals surface area contributed by atoms with Gasteiger partial charge in [0, 0.05) is 39.1 Å². The largest absolute Gasteiger partial charge is 0.378 e. The number of likely N-dealkylation sites (tertiary alicyclic amines) is 2. The lowest BCUT2D eigenvalue weighted by molar-refractivity contribution is -0.139. The first-order valence-electron chi connectivity index (χ1n) is 8.62. The van der Waals surface area contributed by atoms with E-state index in [1.165, 1.54) is 0 Å². The zero-order valence-electron chi connectivity index (χ0n) is 13.7. The maximum atomic E-state index is 12.4. The molecule has 132 valence electrons. The normalized spacial score (nSPS) is 26.8. The molecule has 1 N–H and O–H groups in total. The van der Waals surface area contributed by atoms with Crippen molar-refractivity contribution in [2.75, 3.05) is 45.9 Å². The van der Waals surface area contributed by atoms with E-state index in [9.17, 15) is 9.59 Å². The van der Waals surface area contributed by atoms with Gasteiger partial charge in [0.05, 0.1) is 13.2 Å². The van der Waals surface area contributed by atoms with E-state index in [0.29, 0.717) is 31.5 Å². The molecule has 23 heavy (non-hydrogen) atoms. The molecular weight excluding hydrogens is 318 g/mol. The number of piperidine rings is 2. The molecule has 7 heteroatoms. The second-order valence-electron chi connectivity index (χ2n) is 6.65. The van der Waals surface area contributed by atoms with Gasteiger partial charge in [0.25, 0.3) is 0 Å². The molecule has 3 heterocycles. The molecule has 2 amide bonds. The molecular formula is C16H28ClN3O3. The lowest BCUT2D eigenvalue weighted by Crippen LogP contribution is -2.54. The zero-order chi connectivity index (χ0) is 15.4. The van der Waals surface area contributed by atoms with Crippen LogP contribution in [-0.4, -0.2) is 73.6 Å². The molecule has 3 saturated heterocycles. The summed E-state index contributed by atoms with van der Waals surface area (Å²) in [4.78, 5) is 28.3. The number of hydrogen-bond acceptors (Lipinski definition) is 4. The fourth-order valence-electron chi connectivity index (χ4n) is 3.65. The molecule has 0 aromatic carbocycles. The molecule has 1 unspecified atom stereocenters. The minimum atomic E-state index is -0.172. The zero-order valence-corrected chi connectivity index (χ0v) is 14.5. The van der Waals surface area contributed by atoms with Crippen LogP contribution in [0.2, 0.25) is 0 Å². The van der Waals surface area contributed by atoms with Gasteiger partial charge in [-0.05, 0) is 31.6 Å². The van der Waals surface area contributed by atoms with Gasteiger partial charge < -0.3 is 19.9 Å². The summed E-state index contributed by atoms with van der Waals surface area (Å²) >= 11 is 0. The van der Waals surface area contributed by atoms with Gasteiger partial charge in [-0.3, -0.25) is 9.59 Å². The Hall–Kier alpha value is -0.850. The van der Waals surface area contributed by atoms with Crippen molar-refractivity contribution in [2.45, 2.75) is 38.1 Å². The van der Waals surface area contributed by atoms with Crippen LogP contribution < -0.4 is 5.32 Å². The summed E-state index contributed by atoms with van der Waals surface area (Å²) in [6.07, 6.45) is 4.89. The van der Waals surface area contributed by atoms with Gasteiger partial charge in [-0.1, -0.05) is 0 Å². The van der Waals surface area contributed by atoms with Crippen LogP contribution in [0.5, 0.6) is 0 Å². The monoisotopic (exact) mass is 345 g/mol. The third-order valence-corrected chi connectivity index (χ3v) is 5.05. The summed E-state index contributed by atoms with van der Waals surface area (Å²) < 4.78 is 5.37. The lowest BCUT2D eigenvalue weighted by atomic mass is 9.94. The first-order chi connectivity index (χ1) is 10.7. The molecule has 0 aromatic heterocycles. The van der Waals surface area contributed by atoms with Crippen LogP contribution in [0.3, 0.4) is 0 Å². The van der Waals surface area contributed by atoms with E-state index in [4.69, 9.17) is 4.74 Å². The summed E-state index contributed by atoms with van der Waals surface area (Å²) in [7, 11) is 0. The van der Waals surface area contributed by atoms with Crippen LogP contribution in [0, 0.1) is 5.92 Å². The van der Waals surface area contributed by atoms with E-state index in [0.717, 1.165) is 58.4 Å². The molecule has 0 bridgehead atoms. The Morgan fingerprint density at radius 1 is 1.22 bits per heavy atom. The summed E-state index contributed by atoms with van der Waals surface area (Å²) in [6.45, 7) is 5.35. The average Bonchev–Trinajstić information content (AvgIpc) is 2.58. The molecule has 0 spiro atoms. The number of halogens is 1. The maximum absolute atomic E-state index is 12.4. The van der Waals surface area contributed by atoms with E-state index in [1.807, 2.05) is 9.80 Å². The Kier molecular flexibility index (Phi) is 7.11. The number of carbonyl (C=O) groups excluding carboxylic acids is 2. The highest BCUT2D eigenvalue weighted by Gasteiger charge is 2.30. The average molecular weight is 346 g/mol. The number of carbonyl (C=O) groups is 2. The van der Waals surface area contributed by atoms with Crippen molar-refractivity contribution >= 4 is 24.2 Å². The topological polar surface area (TPSA) is 61.9 Å². The SMILES string of the molecule is Cl.O=C1CCCCN1CC1CCN(C(=O)C2COCCN2)CC1. The minimum absolute atomic E-state index is 0. The standard InChI is InChI=1S/C16H27N3O3.ClH/c20-15-3-1-2-7-19(15)11-13-4-8-18(9-5-13)16(21)14-12-22-10-6-17-14;/h13-14,17H,1-12H2;1H. The van der Waals surface area contributed by atoms with Crippen LogP contribution in [0.25, 0.3) is 0 Å². The van der Waals surface area contributed by atoms with Gasteiger partial charge in [-0.25, -0.2) is 0 Å². The Bertz CT molecular complexity index is 407. The predicted octanol–water partition coefficient (Wildman–Crippen LogP) is 0.648. The molecule has 0 aromatic rings. The van der Waals surface area contributed by atoms with Crippen molar-refractivity contribution < 1.29 is 14.3 Å². The second-order valence-corrected chi connectivity index (χ2v) is 6.65. The van der Waals surface area contributed by atoms with Crippen LogP contribution >= 0.6 is 12.4 Å². The molecule has 3 aliphatic rings. The predicted molar refractivity (Wildman–Crippen MR) is 89.6 cm³/mol. The van der Waals surface area contributed by atoms with E-state index in [1.54, 1.807) is 0 Å². The highest BCUT2D eigenvalue weighted by atomic mass is 35.5. The third kappa shape index (κ3) is 4.81. The highest BCUT2D eigenvalue weighted by Crippen LogP contribution is 2.21. The van der Waals surface area contributed by atoms with E-state index >= 15 is 0 Å². The molecule has 3 aliphatic heterocycles. The maximum Gasteiger partial charge on any atom is 0.242 e. The first-order valence-corrected chi connectivity index (χ1v) is 8.62. The number of ether oxygens (including phenoxy) is 1. The van der Waals surface area contributed by atoms with Crippen molar-refractivity contribution in [1.82, 2.24) is 15.1 Å². The number of morpholine rings is 1. The van der Waals surface area contributed by atoms with E-state index in [2.05, 4.69) is 5.32 Å². The molecule has 6 nitrogen and oxygen atoms in total. The summed E-state index contributed by atoms with van der Waals surface area (Å²) in [6, 6.07) is -0.172. The van der Waals surface area contributed by atoms with Gasteiger partial charge in [0.2, 0.25) is 11.8 Å². The van der Waals surface area contributed by atoms with Crippen LogP contribution in [0.15, 0.2) is 0 Å². The van der Waals surface area contributed by atoms with Crippen molar-refractivity contribution in [2.24, 2.45) is 5.92 Å². The Morgan fingerprint density at radius 3 is 2.65 bits per heavy atom. The fraction of sp³-hybridized carbons (Fsp3) is 0.875. The molecule has 3 rings (SSSR count). The Morgan fingerprint density at radius 2 is 2.00 bits per heavy atom. The minimum Gasteiger partial charge on any atom is -0.378 e. The number of nitrogens with zero attached hydrogens (tertiary/aromatic N) is 2. The van der Waals surface area contributed by atoms with Crippen LogP contribution in [-0.2, 0) is 14.3 Å². The van der Waals surface area contributed by atoms with Gasteiger partial charge in [0.15, 0.2) is 0 Å². The number of amides is 2. The smallest absolute Gasteiger partial charge is 0.242 e. The van der Waals surface area contributed by atoms with E-state index < -0.39 is 0 Å². The van der Waals surface area contributed by atoms with Crippen LogP contribution in [0.1, 0.15) is 32.1 Å². The Balaban J connectivity index is 0.00000192. The third-order valence-electron chi connectivity index (χ3n) is 5.05. The van der Waals surface area contributed by atoms with Crippen molar-refractivity contribution in [3.05, 3.63) is 0 Å². The van der Waals surface area contributed by atoms with Gasteiger partial charge in [0.1, 0.15) is 6.04 Å². The van der Waals surface area contributed by atoms with Gasteiger partial charge in [-0.2, -0.15) is 0 Å². The second kappa shape index (κ2) is 8.85. The summed E-state index contributed by atoms with van der Waals surface area (Å²) in [5.41, 5.74) is 0. The fourth-order valence-corrected chi connectivity index (χ4v) is 3.65.